The zero-order valence-electron chi connectivity index (χ0n) is 10.8. The lowest BCUT2D eigenvalue weighted by atomic mass is 9.84. The molecule has 0 N–H and O–H groups in total. The molecule has 0 radical (unpaired) electrons. The van der Waals surface area contributed by atoms with Crippen molar-refractivity contribution < 1.29 is 0 Å². The number of imidazole rings is 1. The van der Waals surface area contributed by atoms with Crippen molar-refractivity contribution >= 4 is 0 Å². The largest absolute Gasteiger partial charge is 0.311 e. The molecule has 3 nitrogen and oxygen atoms in total. The maximum absolute atomic E-state index is 9.96. The van der Waals surface area contributed by atoms with Crippen LogP contribution >= 0.6 is 0 Å². The molecule has 0 spiro atoms. The minimum Gasteiger partial charge on any atom is -0.311 e. The summed E-state index contributed by atoms with van der Waals surface area (Å²) in [7, 11) is 0. The first-order valence-electron chi connectivity index (χ1n) is 6.38. The Kier molecular flexibility index (Phi) is 3.06. The van der Waals surface area contributed by atoms with Crippen LogP contribution in [-0.2, 0) is 5.54 Å². The molecule has 0 bridgehead atoms. The Labute approximate surface area is 117 Å². The molecule has 0 aliphatic carbocycles. The number of hydrogen-bond donors (Lipinski definition) is 0. The van der Waals surface area contributed by atoms with Gasteiger partial charge in [0.05, 0.1) is 6.33 Å². The summed E-state index contributed by atoms with van der Waals surface area (Å²) >= 11 is 0. The average Bonchev–Trinajstić information content (AvgIpc) is 3.06. The van der Waals surface area contributed by atoms with Gasteiger partial charge in [0.2, 0.25) is 0 Å². The van der Waals surface area contributed by atoms with E-state index in [1.165, 1.54) is 0 Å². The Bertz CT molecular complexity index is 670. The van der Waals surface area contributed by atoms with Gasteiger partial charge < -0.3 is 4.57 Å². The molecule has 0 atom stereocenters. The highest BCUT2D eigenvalue weighted by Crippen LogP contribution is 2.33. The fourth-order valence-corrected chi connectivity index (χ4v) is 2.47. The van der Waals surface area contributed by atoms with Crippen LogP contribution in [0.5, 0.6) is 0 Å². The van der Waals surface area contributed by atoms with Crippen molar-refractivity contribution in [2.24, 2.45) is 0 Å². The second kappa shape index (κ2) is 5.02. The Balaban J connectivity index is 2.31. The minimum absolute atomic E-state index is 0.890. The standard InChI is InChI=1S/C17H13N3/c18-13-17(20-12-11-19-14-20,15-7-3-1-4-8-15)16-9-5-2-6-10-16/h1-12,14H. The van der Waals surface area contributed by atoms with Crippen molar-refractivity contribution in [3.63, 3.8) is 0 Å². The number of hydrogen-bond acceptors (Lipinski definition) is 2. The van der Waals surface area contributed by atoms with E-state index in [0.717, 1.165) is 11.1 Å². The molecule has 1 aromatic heterocycles. The topological polar surface area (TPSA) is 41.6 Å². The van der Waals surface area contributed by atoms with Gasteiger partial charge in [0.1, 0.15) is 6.07 Å². The van der Waals surface area contributed by atoms with E-state index in [2.05, 4.69) is 11.1 Å². The molecule has 20 heavy (non-hydrogen) atoms. The summed E-state index contributed by atoms with van der Waals surface area (Å²) < 4.78 is 1.84. The summed E-state index contributed by atoms with van der Waals surface area (Å²) in [4.78, 5) is 4.10. The van der Waals surface area contributed by atoms with Gasteiger partial charge in [-0.1, -0.05) is 60.7 Å². The van der Waals surface area contributed by atoms with Crippen LogP contribution in [0.1, 0.15) is 11.1 Å². The molecule has 1 heterocycles. The van der Waals surface area contributed by atoms with Crippen molar-refractivity contribution in [1.29, 1.82) is 5.26 Å². The molecule has 0 fully saturated rings. The van der Waals surface area contributed by atoms with E-state index < -0.39 is 5.54 Å². The number of nitrogens with zero attached hydrogens (tertiary/aromatic N) is 3. The maximum Gasteiger partial charge on any atom is 0.183 e. The molecule has 0 aliphatic heterocycles. The number of rotatable bonds is 3. The molecule has 96 valence electrons. The fourth-order valence-electron chi connectivity index (χ4n) is 2.47. The van der Waals surface area contributed by atoms with Gasteiger partial charge in [0, 0.05) is 12.4 Å². The highest BCUT2D eigenvalue weighted by atomic mass is 15.1. The van der Waals surface area contributed by atoms with E-state index >= 15 is 0 Å². The molecular formula is C17H13N3. The van der Waals surface area contributed by atoms with Crippen LogP contribution in [0.15, 0.2) is 79.4 Å². The van der Waals surface area contributed by atoms with E-state index in [-0.39, 0.29) is 0 Å². The molecule has 2 aromatic carbocycles. The lowest BCUT2D eigenvalue weighted by Crippen LogP contribution is -2.33. The number of nitriles is 1. The van der Waals surface area contributed by atoms with Gasteiger partial charge in [0.25, 0.3) is 0 Å². The summed E-state index contributed by atoms with van der Waals surface area (Å²) in [6.45, 7) is 0. The Hall–Kier alpha value is -2.86. The van der Waals surface area contributed by atoms with E-state index in [1.807, 2.05) is 71.4 Å². The Morgan fingerprint density at radius 1 is 0.900 bits per heavy atom. The quantitative estimate of drug-likeness (QED) is 0.724. The molecule has 0 unspecified atom stereocenters. The zero-order chi connectivity index (χ0) is 13.8. The predicted octanol–water partition coefficient (Wildman–Crippen LogP) is 3.20. The third-order valence-corrected chi connectivity index (χ3v) is 3.44. The third kappa shape index (κ3) is 1.79. The van der Waals surface area contributed by atoms with Gasteiger partial charge in [-0.3, -0.25) is 0 Å². The summed E-state index contributed by atoms with van der Waals surface area (Å²) in [5, 5.41) is 9.96. The SMILES string of the molecule is N#CC(c1ccccc1)(c1ccccc1)n1ccnc1. The second-order valence-electron chi connectivity index (χ2n) is 4.52. The molecule has 3 aromatic rings. The van der Waals surface area contributed by atoms with Gasteiger partial charge in [0.15, 0.2) is 5.54 Å². The summed E-state index contributed by atoms with van der Waals surface area (Å²) in [5.74, 6) is 0. The number of aromatic nitrogens is 2. The van der Waals surface area contributed by atoms with Crippen LogP contribution in [0, 0.1) is 11.3 Å². The second-order valence-corrected chi connectivity index (χ2v) is 4.52. The number of benzene rings is 2. The van der Waals surface area contributed by atoms with Gasteiger partial charge in [-0.05, 0) is 11.1 Å². The first-order chi connectivity index (χ1) is 9.88. The molecule has 0 aliphatic rings. The van der Waals surface area contributed by atoms with Gasteiger partial charge in [-0.25, -0.2) is 4.98 Å². The highest BCUT2D eigenvalue weighted by Gasteiger charge is 2.36. The van der Waals surface area contributed by atoms with Crippen LogP contribution in [0.2, 0.25) is 0 Å². The lowest BCUT2D eigenvalue weighted by Gasteiger charge is -2.29. The lowest BCUT2D eigenvalue weighted by molar-refractivity contribution is 0.548. The first kappa shape index (κ1) is 12.2. The van der Waals surface area contributed by atoms with E-state index in [9.17, 15) is 5.26 Å². The van der Waals surface area contributed by atoms with Crippen LogP contribution < -0.4 is 0 Å². The van der Waals surface area contributed by atoms with Gasteiger partial charge in [-0.15, -0.1) is 0 Å². The van der Waals surface area contributed by atoms with Crippen LogP contribution in [0.4, 0.5) is 0 Å². The van der Waals surface area contributed by atoms with Crippen molar-refractivity contribution in [3.05, 3.63) is 90.5 Å². The predicted molar refractivity (Wildman–Crippen MR) is 76.9 cm³/mol. The van der Waals surface area contributed by atoms with E-state index in [1.54, 1.807) is 12.5 Å². The Morgan fingerprint density at radius 2 is 1.45 bits per heavy atom. The first-order valence-corrected chi connectivity index (χ1v) is 6.38. The Morgan fingerprint density at radius 3 is 1.85 bits per heavy atom. The third-order valence-electron chi connectivity index (χ3n) is 3.44. The van der Waals surface area contributed by atoms with Gasteiger partial charge in [-0.2, -0.15) is 5.26 Å². The maximum atomic E-state index is 9.96. The monoisotopic (exact) mass is 259 g/mol. The molecule has 0 saturated heterocycles. The smallest absolute Gasteiger partial charge is 0.183 e. The van der Waals surface area contributed by atoms with E-state index in [4.69, 9.17) is 0 Å². The normalized spacial score (nSPS) is 10.9. The van der Waals surface area contributed by atoms with Crippen molar-refractivity contribution in [2.45, 2.75) is 5.54 Å². The van der Waals surface area contributed by atoms with Crippen molar-refractivity contribution in [1.82, 2.24) is 9.55 Å². The molecule has 0 saturated carbocycles. The van der Waals surface area contributed by atoms with Crippen LogP contribution in [-0.4, -0.2) is 9.55 Å². The van der Waals surface area contributed by atoms with Crippen LogP contribution in [0.3, 0.4) is 0 Å². The molecular weight excluding hydrogens is 246 g/mol. The molecule has 3 rings (SSSR count). The fraction of sp³-hybridized carbons (Fsp3) is 0.0588. The summed E-state index contributed by atoms with van der Waals surface area (Å²) in [5.41, 5.74) is 0.956. The van der Waals surface area contributed by atoms with Crippen LogP contribution in [0.25, 0.3) is 0 Å². The summed E-state index contributed by atoms with van der Waals surface area (Å²) in [6, 6.07) is 22.0. The van der Waals surface area contributed by atoms with E-state index in [0.29, 0.717) is 0 Å². The molecule has 0 amide bonds. The minimum atomic E-state index is -0.890. The summed E-state index contributed by atoms with van der Waals surface area (Å²) in [6.07, 6.45) is 5.20. The van der Waals surface area contributed by atoms with Crippen molar-refractivity contribution in [2.75, 3.05) is 0 Å². The average molecular weight is 259 g/mol. The zero-order valence-corrected chi connectivity index (χ0v) is 10.8. The molecule has 3 heteroatoms. The van der Waals surface area contributed by atoms with Gasteiger partial charge >= 0.3 is 0 Å². The highest BCUT2D eigenvalue weighted by molar-refractivity contribution is 5.46. The van der Waals surface area contributed by atoms with Crippen molar-refractivity contribution in [3.8, 4) is 6.07 Å².